The maximum atomic E-state index is 10.0. The molecule has 3 nitrogen and oxygen atoms in total. The number of rotatable bonds is 7. The van der Waals surface area contributed by atoms with Gasteiger partial charge in [-0.15, -0.1) is 0 Å². The number of hydrogen-bond acceptors (Lipinski definition) is 3. The van der Waals surface area contributed by atoms with Gasteiger partial charge in [-0.2, -0.15) is 0 Å². The van der Waals surface area contributed by atoms with Crippen molar-refractivity contribution in [2.75, 3.05) is 6.61 Å². The molecule has 3 heteroatoms. The van der Waals surface area contributed by atoms with Crippen LogP contribution in [0.1, 0.15) is 31.1 Å². The van der Waals surface area contributed by atoms with Crippen molar-refractivity contribution < 1.29 is 9.84 Å². The molecule has 21 heavy (non-hydrogen) atoms. The van der Waals surface area contributed by atoms with Crippen LogP contribution < -0.4 is 10.1 Å². The van der Waals surface area contributed by atoms with Crippen LogP contribution in [0.15, 0.2) is 54.6 Å². The molecule has 0 aliphatic heterocycles. The van der Waals surface area contributed by atoms with E-state index in [2.05, 4.69) is 19.2 Å². The Balaban J connectivity index is 1.83. The maximum Gasteiger partial charge on any atom is 0.119 e. The van der Waals surface area contributed by atoms with E-state index < -0.39 is 6.10 Å². The van der Waals surface area contributed by atoms with Crippen LogP contribution in [0.2, 0.25) is 0 Å². The molecule has 2 aromatic rings. The van der Waals surface area contributed by atoms with E-state index in [-0.39, 0.29) is 6.61 Å². The Labute approximate surface area is 126 Å². The predicted octanol–water partition coefficient (Wildman–Crippen LogP) is 3.30. The molecule has 0 fully saturated rings. The fraction of sp³-hybridized carbons (Fsp3) is 0.333. The lowest BCUT2D eigenvalue weighted by atomic mass is 10.1. The van der Waals surface area contributed by atoms with Crippen molar-refractivity contribution in [3.63, 3.8) is 0 Å². The van der Waals surface area contributed by atoms with E-state index in [9.17, 15) is 5.11 Å². The van der Waals surface area contributed by atoms with Gasteiger partial charge >= 0.3 is 0 Å². The fourth-order valence-electron chi connectivity index (χ4n) is 1.97. The molecule has 0 aromatic heterocycles. The quantitative estimate of drug-likeness (QED) is 0.820. The molecule has 1 unspecified atom stereocenters. The Bertz CT molecular complexity index is 523. The van der Waals surface area contributed by atoms with Gasteiger partial charge in [0.05, 0.1) is 0 Å². The molecule has 0 spiro atoms. The number of aliphatic hydroxyl groups excluding tert-OH is 1. The standard InChI is InChI=1S/C18H23NO2/c1-14(2)19-12-15-8-10-17(11-9-15)21-13-18(20)16-6-4-3-5-7-16/h3-11,14,18-20H,12-13H2,1-2H3. The Morgan fingerprint density at radius 1 is 1.00 bits per heavy atom. The lowest BCUT2D eigenvalue weighted by Crippen LogP contribution is -2.21. The zero-order valence-corrected chi connectivity index (χ0v) is 12.6. The van der Waals surface area contributed by atoms with Gasteiger partial charge < -0.3 is 15.2 Å². The third-order valence-corrected chi connectivity index (χ3v) is 3.23. The third-order valence-electron chi connectivity index (χ3n) is 3.23. The summed E-state index contributed by atoms with van der Waals surface area (Å²) in [5.74, 6) is 0.776. The van der Waals surface area contributed by atoms with Gasteiger partial charge in [0.15, 0.2) is 0 Å². The first-order chi connectivity index (χ1) is 10.1. The molecule has 2 rings (SSSR count). The van der Waals surface area contributed by atoms with Crippen LogP contribution in [0.5, 0.6) is 5.75 Å². The van der Waals surface area contributed by atoms with E-state index in [1.807, 2.05) is 54.6 Å². The Morgan fingerprint density at radius 3 is 2.29 bits per heavy atom. The molecular formula is C18H23NO2. The molecule has 0 amide bonds. The molecule has 0 saturated heterocycles. The van der Waals surface area contributed by atoms with Crippen molar-refractivity contribution in [1.29, 1.82) is 0 Å². The van der Waals surface area contributed by atoms with E-state index in [4.69, 9.17) is 4.74 Å². The van der Waals surface area contributed by atoms with Gasteiger partial charge in [0.25, 0.3) is 0 Å². The Hall–Kier alpha value is -1.84. The van der Waals surface area contributed by atoms with E-state index in [0.29, 0.717) is 6.04 Å². The smallest absolute Gasteiger partial charge is 0.119 e. The number of ether oxygens (including phenoxy) is 1. The fourth-order valence-corrected chi connectivity index (χ4v) is 1.97. The third kappa shape index (κ3) is 5.21. The summed E-state index contributed by atoms with van der Waals surface area (Å²) in [6.07, 6.45) is -0.603. The number of aliphatic hydroxyl groups is 1. The van der Waals surface area contributed by atoms with Gasteiger partial charge in [-0.1, -0.05) is 56.3 Å². The number of benzene rings is 2. The molecule has 2 N–H and O–H groups in total. The first-order valence-corrected chi connectivity index (χ1v) is 7.33. The zero-order chi connectivity index (χ0) is 15.1. The molecule has 0 aliphatic carbocycles. The lowest BCUT2D eigenvalue weighted by Gasteiger charge is -2.13. The van der Waals surface area contributed by atoms with Crippen molar-refractivity contribution in [3.8, 4) is 5.75 Å². The van der Waals surface area contributed by atoms with Gasteiger partial charge in [-0.25, -0.2) is 0 Å². The largest absolute Gasteiger partial charge is 0.491 e. The average molecular weight is 285 g/mol. The first kappa shape index (κ1) is 15.5. The summed E-state index contributed by atoms with van der Waals surface area (Å²) < 4.78 is 5.63. The highest BCUT2D eigenvalue weighted by Crippen LogP contribution is 2.17. The summed E-state index contributed by atoms with van der Waals surface area (Å²) in [6, 6.07) is 18.0. The molecule has 2 aromatic carbocycles. The highest BCUT2D eigenvalue weighted by atomic mass is 16.5. The summed E-state index contributed by atoms with van der Waals surface area (Å²) >= 11 is 0. The second kappa shape index (κ2) is 7.81. The zero-order valence-electron chi connectivity index (χ0n) is 12.6. The SMILES string of the molecule is CC(C)NCc1ccc(OCC(O)c2ccccc2)cc1. The summed E-state index contributed by atoms with van der Waals surface area (Å²) in [5.41, 5.74) is 2.09. The van der Waals surface area contributed by atoms with E-state index in [1.54, 1.807) is 0 Å². The monoisotopic (exact) mass is 285 g/mol. The van der Waals surface area contributed by atoms with Gasteiger partial charge in [0.2, 0.25) is 0 Å². The predicted molar refractivity (Wildman–Crippen MR) is 85.3 cm³/mol. The van der Waals surface area contributed by atoms with Crippen molar-refractivity contribution >= 4 is 0 Å². The minimum absolute atomic E-state index is 0.258. The van der Waals surface area contributed by atoms with E-state index in [0.717, 1.165) is 17.9 Å². The van der Waals surface area contributed by atoms with Crippen LogP contribution in [-0.2, 0) is 6.54 Å². The molecular weight excluding hydrogens is 262 g/mol. The van der Waals surface area contributed by atoms with Crippen molar-refractivity contribution in [2.24, 2.45) is 0 Å². The van der Waals surface area contributed by atoms with Gasteiger partial charge in [0.1, 0.15) is 18.5 Å². The van der Waals surface area contributed by atoms with E-state index >= 15 is 0 Å². The topological polar surface area (TPSA) is 41.5 Å². The summed E-state index contributed by atoms with van der Waals surface area (Å²) in [7, 11) is 0. The molecule has 0 heterocycles. The van der Waals surface area contributed by atoms with Crippen LogP contribution in [0.3, 0.4) is 0 Å². The molecule has 112 valence electrons. The summed E-state index contributed by atoms with van der Waals surface area (Å²) in [4.78, 5) is 0. The molecule has 1 atom stereocenters. The van der Waals surface area contributed by atoms with Crippen molar-refractivity contribution in [3.05, 3.63) is 65.7 Å². The summed E-state index contributed by atoms with van der Waals surface area (Å²) in [5, 5.41) is 13.4. The second-order valence-corrected chi connectivity index (χ2v) is 5.42. The minimum Gasteiger partial charge on any atom is -0.491 e. The molecule has 0 aliphatic rings. The first-order valence-electron chi connectivity index (χ1n) is 7.33. The van der Waals surface area contributed by atoms with Crippen molar-refractivity contribution in [1.82, 2.24) is 5.32 Å². The molecule has 0 radical (unpaired) electrons. The van der Waals surface area contributed by atoms with Crippen LogP contribution in [0.4, 0.5) is 0 Å². The number of hydrogen-bond donors (Lipinski definition) is 2. The van der Waals surface area contributed by atoms with Crippen molar-refractivity contribution in [2.45, 2.75) is 32.5 Å². The Kier molecular flexibility index (Phi) is 5.78. The number of nitrogens with one attached hydrogen (secondary N) is 1. The lowest BCUT2D eigenvalue weighted by molar-refractivity contribution is 0.108. The molecule has 0 saturated carbocycles. The average Bonchev–Trinajstić information content (AvgIpc) is 2.52. The highest BCUT2D eigenvalue weighted by molar-refractivity contribution is 5.27. The second-order valence-electron chi connectivity index (χ2n) is 5.42. The molecule has 0 bridgehead atoms. The summed E-state index contributed by atoms with van der Waals surface area (Å²) in [6.45, 7) is 5.36. The normalized spacial score (nSPS) is 12.4. The van der Waals surface area contributed by atoms with Crippen LogP contribution >= 0.6 is 0 Å². The Morgan fingerprint density at radius 2 is 1.67 bits per heavy atom. The highest BCUT2D eigenvalue weighted by Gasteiger charge is 2.07. The minimum atomic E-state index is -0.603. The van der Waals surface area contributed by atoms with E-state index in [1.165, 1.54) is 5.56 Å². The maximum absolute atomic E-state index is 10.0. The van der Waals surface area contributed by atoms with Crippen LogP contribution in [0, 0.1) is 0 Å². The van der Waals surface area contributed by atoms with Crippen LogP contribution in [-0.4, -0.2) is 17.8 Å². The van der Waals surface area contributed by atoms with Gasteiger partial charge in [-0.3, -0.25) is 0 Å². The van der Waals surface area contributed by atoms with Gasteiger partial charge in [0, 0.05) is 12.6 Å². The van der Waals surface area contributed by atoms with Crippen LogP contribution in [0.25, 0.3) is 0 Å². The van der Waals surface area contributed by atoms with Gasteiger partial charge in [-0.05, 0) is 23.3 Å².